The van der Waals surface area contributed by atoms with Crippen molar-refractivity contribution in [2.24, 2.45) is 0 Å². The number of para-hydroxylation sites is 1. The van der Waals surface area contributed by atoms with E-state index in [9.17, 15) is 0 Å². The molecule has 0 spiro atoms. The molecule has 0 amide bonds. The summed E-state index contributed by atoms with van der Waals surface area (Å²) < 4.78 is 0. The summed E-state index contributed by atoms with van der Waals surface area (Å²) in [5.41, 5.74) is 4.88. The fraction of sp³-hybridized carbons (Fsp3) is 0.312. The summed E-state index contributed by atoms with van der Waals surface area (Å²) in [6, 6.07) is 8.40. The summed E-state index contributed by atoms with van der Waals surface area (Å²) in [5, 5.41) is 4.81. The highest BCUT2D eigenvalue weighted by Crippen LogP contribution is 2.32. The Balaban J connectivity index is 2.23. The van der Waals surface area contributed by atoms with Crippen molar-refractivity contribution in [2.75, 3.05) is 11.9 Å². The minimum atomic E-state index is 1.01. The highest BCUT2D eigenvalue weighted by Gasteiger charge is 2.14. The SMILES string of the molecule is CCCNc1c2c(nc3ccccc13)CCC=C2. The van der Waals surface area contributed by atoms with E-state index < -0.39 is 0 Å². The lowest BCUT2D eigenvalue weighted by Gasteiger charge is -2.18. The third-order valence-corrected chi connectivity index (χ3v) is 3.39. The smallest absolute Gasteiger partial charge is 0.0726 e. The van der Waals surface area contributed by atoms with Gasteiger partial charge in [-0.3, -0.25) is 4.98 Å². The largest absolute Gasteiger partial charge is 0.384 e. The summed E-state index contributed by atoms with van der Waals surface area (Å²) >= 11 is 0. The molecule has 1 aromatic carbocycles. The lowest BCUT2D eigenvalue weighted by Crippen LogP contribution is -2.07. The Bertz CT molecular complexity index is 599. The van der Waals surface area contributed by atoms with Crippen LogP contribution in [-0.2, 0) is 6.42 Å². The van der Waals surface area contributed by atoms with Crippen molar-refractivity contribution in [3.05, 3.63) is 41.6 Å². The van der Waals surface area contributed by atoms with Crippen molar-refractivity contribution in [3.8, 4) is 0 Å². The summed E-state index contributed by atoms with van der Waals surface area (Å²) in [4.78, 5) is 4.79. The van der Waals surface area contributed by atoms with E-state index >= 15 is 0 Å². The molecule has 1 aliphatic carbocycles. The molecule has 0 saturated heterocycles. The van der Waals surface area contributed by atoms with Crippen LogP contribution in [0.4, 0.5) is 5.69 Å². The predicted molar refractivity (Wildman–Crippen MR) is 77.9 cm³/mol. The van der Waals surface area contributed by atoms with E-state index in [-0.39, 0.29) is 0 Å². The number of anilines is 1. The second kappa shape index (κ2) is 4.81. The van der Waals surface area contributed by atoms with Crippen LogP contribution in [0.2, 0.25) is 0 Å². The molecule has 3 rings (SSSR count). The standard InChI is InChI=1S/C16H18N2/c1-2-11-17-16-12-7-3-5-9-14(12)18-15-10-6-4-8-13(15)16/h3-5,7-9H,2,6,10-11H2,1H3,(H,17,18). The number of aromatic nitrogens is 1. The van der Waals surface area contributed by atoms with Crippen molar-refractivity contribution < 1.29 is 0 Å². The lowest BCUT2D eigenvalue weighted by atomic mass is 9.98. The maximum Gasteiger partial charge on any atom is 0.0726 e. The van der Waals surface area contributed by atoms with Crippen LogP contribution in [0.15, 0.2) is 30.3 Å². The van der Waals surface area contributed by atoms with Crippen LogP contribution in [0.3, 0.4) is 0 Å². The van der Waals surface area contributed by atoms with E-state index in [1.165, 1.54) is 22.3 Å². The topological polar surface area (TPSA) is 24.9 Å². The van der Waals surface area contributed by atoms with Gasteiger partial charge in [-0.25, -0.2) is 0 Å². The van der Waals surface area contributed by atoms with Gasteiger partial charge in [-0.05, 0) is 25.3 Å². The molecule has 1 aliphatic rings. The fourth-order valence-corrected chi connectivity index (χ4v) is 2.51. The quantitative estimate of drug-likeness (QED) is 0.873. The normalized spacial score (nSPS) is 13.6. The van der Waals surface area contributed by atoms with Gasteiger partial charge in [0, 0.05) is 17.5 Å². The monoisotopic (exact) mass is 238 g/mol. The average molecular weight is 238 g/mol. The summed E-state index contributed by atoms with van der Waals surface area (Å²) in [5.74, 6) is 0. The highest BCUT2D eigenvalue weighted by molar-refractivity contribution is 5.96. The second-order valence-corrected chi connectivity index (χ2v) is 4.73. The maximum atomic E-state index is 4.79. The van der Waals surface area contributed by atoms with Crippen molar-refractivity contribution in [2.45, 2.75) is 26.2 Å². The van der Waals surface area contributed by atoms with Crippen LogP contribution in [0.5, 0.6) is 0 Å². The second-order valence-electron chi connectivity index (χ2n) is 4.73. The minimum Gasteiger partial charge on any atom is -0.384 e. The molecule has 92 valence electrons. The number of nitrogens with zero attached hydrogens (tertiary/aromatic N) is 1. The third kappa shape index (κ3) is 1.88. The highest BCUT2D eigenvalue weighted by atomic mass is 14.9. The molecule has 0 aliphatic heterocycles. The Kier molecular flexibility index (Phi) is 3.01. The molecule has 2 heteroatoms. The Morgan fingerprint density at radius 1 is 1.28 bits per heavy atom. The maximum absolute atomic E-state index is 4.79. The number of nitrogens with one attached hydrogen (secondary N) is 1. The molecule has 0 unspecified atom stereocenters. The number of hydrogen-bond donors (Lipinski definition) is 1. The van der Waals surface area contributed by atoms with Gasteiger partial charge in [-0.15, -0.1) is 0 Å². The van der Waals surface area contributed by atoms with Gasteiger partial charge in [0.1, 0.15) is 0 Å². The number of fused-ring (bicyclic) bond motifs is 2. The first-order valence-corrected chi connectivity index (χ1v) is 6.72. The molecule has 2 nitrogen and oxygen atoms in total. The number of aryl methyl sites for hydroxylation is 1. The molecular formula is C16H18N2. The zero-order valence-electron chi connectivity index (χ0n) is 10.7. The number of hydrogen-bond acceptors (Lipinski definition) is 2. The van der Waals surface area contributed by atoms with Gasteiger partial charge in [0.25, 0.3) is 0 Å². The Morgan fingerprint density at radius 3 is 3.06 bits per heavy atom. The average Bonchev–Trinajstić information content (AvgIpc) is 2.43. The zero-order chi connectivity index (χ0) is 12.4. The summed E-state index contributed by atoms with van der Waals surface area (Å²) in [6.07, 6.45) is 7.75. The van der Waals surface area contributed by atoms with Gasteiger partial charge >= 0.3 is 0 Å². The lowest BCUT2D eigenvalue weighted by molar-refractivity contribution is 0.932. The molecule has 1 N–H and O–H groups in total. The van der Waals surface area contributed by atoms with E-state index in [0.717, 1.165) is 31.3 Å². The summed E-state index contributed by atoms with van der Waals surface area (Å²) in [6.45, 7) is 3.20. The van der Waals surface area contributed by atoms with E-state index in [0.29, 0.717) is 0 Å². The first-order valence-electron chi connectivity index (χ1n) is 6.72. The van der Waals surface area contributed by atoms with Gasteiger partial charge in [-0.2, -0.15) is 0 Å². The Labute approximate surface area is 108 Å². The van der Waals surface area contributed by atoms with Crippen molar-refractivity contribution in [3.63, 3.8) is 0 Å². The Hall–Kier alpha value is -1.83. The predicted octanol–water partition coefficient (Wildman–Crippen LogP) is 4.02. The first kappa shape index (κ1) is 11.3. The fourth-order valence-electron chi connectivity index (χ4n) is 2.51. The summed E-state index contributed by atoms with van der Waals surface area (Å²) in [7, 11) is 0. The molecule has 0 fully saturated rings. The van der Waals surface area contributed by atoms with E-state index in [4.69, 9.17) is 4.98 Å². The number of allylic oxidation sites excluding steroid dienone is 1. The third-order valence-electron chi connectivity index (χ3n) is 3.39. The van der Waals surface area contributed by atoms with Gasteiger partial charge in [0.05, 0.1) is 16.9 Å². The van der Waals surface area contributed by atoms with E-state index in [1.807, 2.05) is 0 Å². The van der Waals surface area contributed by atoms with Crippen molar-refractivity contribution >= 4 is 22.7 Å². The number of pyridine rings is 1. The van der Waals surface area contributed by atoms with Gasteiger partial charge < -0.3 is 5.32 Å². The van der Waals surface area contributed by atoms with E-state index in [1.54, 1.807) is 0 Å². The minimum absolute atomic E-state index is 1.01. The van der Waals surface area contributed by atoms with Gasteiger partial charge in [0.15, 0.2) is 0 Å². The van der Waals surface area contributed by atoms with Crippen LogP contribution in [0.25, 0.3) is 17.0 Å². The molecule has 18 heavy (non-hydrogen) atoms. The van der Waals surface area contributed by atoms with Crippen molar-refractivity contribution in [1.29, 1.82) is 0 Å². The Morgan fingerprint density at radius 2 is 2.17 bits per heavy atom. The molecule has 1 heterocycles. The molecule has 0 radical (unpaired) electrons. The molecule has 0 bridgehead atoms. The molecular weight excluding hydrogens is 220 g/mol. The number of rotatable bonds is 3. The molecule has 2 aromatic rings. The molecule has 0 atom stereocenters. The van der Waals surface area contributed by atoms with Crippen molar-refractivity contribution in [1.82, 2.24) is 4.98 Å². The molecule has 0 saturated carbocycles. The number of benzene rings is 1. The van der Waals surface area contributed by atoms with Gasteiger partial charge in [0.2, 0.25) is 0 Å². The first-order chi connectivity index (χ1) is 8.90. The van der Waals surface area contributed by atoms with E-state index in [2.05, 4.69) is 48.7 Å². The van der Waals surface area contributed by atoms with Crippen LogP contribution < -0.4 is 5.32 Å². The van der Waals surface area contributed by atoms with Crippen LogP contribution in [-0.4, -0.2) is 11.5 Å². The van der Waals surface area contributed by atoms with Crippen LogP contribution in [0.1, 0.15) is 31.0 Å². The van der Waals surface area contributed by atoms with Crippen LogP contribution in [0, 0.1) is 0 Å². The zero-order valence-corrected chi connectivity index (χ0v) is 10.7. The molecule has 1 aromatic heterocycles. The van der Waals surface area contributed by atoms with Gasteiger partial charge in [-0.1, -0.05) is 37.3 Å². The van der Waals surface area contributed by atoms with Crippen LogP contribution >= 0.6 is 0 Å².